The maximum absolute atomic E-state index is 12.3. The Labute approximate surface area is 159 Å². The summed E-state index contributed by atoms with van der Waals surface area (Å²) in [6.07, 6.45) is 0.307. The van der Waals surface area contributed by atoms with Crippen LogP contribution < -0.4 is 10.1 Å². The molecule has 0 radical (unpaired) electrons. The quantitative estimate of drug-likeness (QED) is 0.766. The largest absolute Gasteiger partial charge is 0.489 e. The number of nitrogens with one attached hydrogen (secondary N) is 1. The Morgan fingerprint density at radius 1 is 1.42 bits per heavy atom. The van der Waals surface area contributed by atoms with Crippen LogP contribution in [0.1, 0.15) is 32.8 Å². The Balaban J connectivity index is 1.95. The zero-order valence-corrected chi connectivity index (χ0v) is 16.5. The van der Waals surface area contributed by atoms with Gasteiger partial charge in [0.2, 0.25) is 5.91 Å². The highest BCUT2D eigenvalue weighted by atomic mass is 35.5. The van der Waals surface area contributed by atoms with E-state index in [1.165, 1.54) is 7.11 Å². The second kappa shape index (κ2) is 9.24. The average molecular weight is 383 g/mol. The van der Waals surface area contributed by atoms with Gasteiger partial charge in [-0.25, -0.2) is 4.79 Å². The third-order valence-corrected chi connectivity index (χ3v) is 4.59. The van der Waals surface area contributed by atoms with Crippen molar-refractivity contribution in [3.8, 4) is 5.75 Å². The number of hydrogen-bond donors (Lipinski definition) is 1. The van der Waals surface area contributed by atoms with E-state index in [4.69, 9.17) is 21.1 Å². The topological polar surface area (TPSA) is 67.9 Å². The van der Waals surface area contributed by atoms with Gasteiger partial charge >= 0.3 is 5.97 Å². The van der Waals surface area contributed by atoms with E-state index in [2.05, 4.69) is 10.2 Å². The number of esters is 1. The van der Waals surface area contributed by atoms with Gasteiger partial charge in [0.05, 0.1) is 7.11 Å². The molecule has 0 saturated heterocycles. The van der Waals surface area contributed by atoms with Crippen molar-refractivity contribution in [1.29, 1.82) is 0 Å². The summed E-state index contributed by atoms with van der Waals surface area (Å²) >= 11 is 6.09. The lowest BCUT2D eigenvalue weighted by atomic mass is 10.0. The van der Waals surface area contributed by atoms with Gasteiger partial charge in [0, 0.05) is 36.6 Å². The highest BCUT2D eigenvalue weighted by Crippen LogP contribution is 2.28. The molecule has 1 aliphatic heterocycles. The van der Waals surface area contributed by atoms with Crippen molar-refractivity contribution in [3.63, 3.8) is 0 Å². The number of halogens is 1. The van der Waals surface area contributed by atoms with Crippen molar-refractivity contribution in [3.05, 3.63) is 28.8 Å². The van der Waals surface area contributed by atoms with Crippen LogP contribution in [0.3, 0.4) is 0 Å². The minimum Gasteiger partial charge on any atom is -0.489 e. The molecular weight excluding hydrogens is 356 g/mol. The second-order valence-electron chi connectivity index (χ2n) is 6.98. The van der Waals surface area contributed by atoms with Gasteiger partial charge in [-0.3, -0.25) is 9.69 Å². The summed E-state index contributed by atoms with van der Waals surface area (Å²) in [6, 6.07) is 4.97. The zero-order valence-electron chi connectivity index (χ0n) is 15.8. The van der Waals surface area contributed by atoms with Gasteiger partial charge in [-0.15, -0.1) is 0 Å². The van der Waals surface area contributed by atoms with Crippen molar-refractivity contribution in [2.75, 3.05) is 20.2 Å². The third kappa shape index (κ3) is 5.61. The molecular formula is C19H27ClN2O4. The molecule has 0 unspecified atom stereocenters. The molecule has 1 amide bonds. The molecule has 1 aromatic rings. The summed E-state index contributed by atoms with van der Waals surface area (Å²) in [7, 11) is 1.32. The van der Waals surface area contributed by atoms with Crippen molar-refractivity contribution < 1.29 is 19.1 Å². The molecule has 6 nitrogen and oxygen atoms in total. The van der Waals surface area contributed by atoms with Crippen LogP contribution in [0.25, 0.3) is 0 Å². The molecule has 1 heterocycles. The van der Waals surface area contributed by atoms with Gasteiger partial charge in [-0.05, 0) is 31.0 Å². The number of hydrogen-bond acceptors (Lipinski definition) is 5. The van der Waals surface area contributed by atoms with Crippen molar-refractivity contribution in [2.45, 2.75) is 45.9 Å². The van der Waals surface area contributed by atoms with Crippen LogP contribution in [-0.4, -0.2) is 49.1 Å². The van der Waals surface area contributed by atoms with Gasteiger partial charge in [-0.1, -0.05) is 25.4 Å². The summed E-state index contributed by atoms with van der Waals surface area (Å²) in [6.45, 7) is 7.69. The highest BCUT2D eigenvalue weighted by Gasteiger charge is 2.26. The number of methoxy groups -OCH3 is 1. The summed E-state index contributed by atoms with van der Waals surface area (Å²) in [5, 5.41) is 3.43. The number of rotatable bonds is 6. The van der Waals surface area contributed by atoms with E-state index in [1.54, 1.807) is 0 Å². The molecule has 0 spiro atoms. The lowest BCUT2D eigenvalue weighted by Crippen LogP contribution is -2.46. The van der Waals surface area contributed by atoms with Crippen molar-refractivity contribution in [1.82, 2.24) is 10.2 Å². The first-order valence-electron chi connectivity index (χ1n) is 8.84. The SMILES string of the molecule is COC(=O)[C@@H](NC(=O)CCN1Cc2cc(Cl)ccc2O[C@@H](C)C1)C(C)C. The van der Waals surface area contributed by atoms with Gasteiger partial charge in [0.25, 0.3) is 0 Å². The van der Waals surface area contributed by atoms with E-state index in [0.29, 0.717) is 31.1 Å². The third-order valence-electron chi connectivity index (χ3n) is 4.35. The van der Waals surface area contributed by atoms with Gasteiger partial charge in [0.15, 0.2) is 0 Å². The van der Waals surface area contributed by atoms with Crippen LogP contribution >= 0.6 is 11.6 Å². The molecule has 0 saturated carbocycles. The van der Waals surface area contributed by atoms with Gasteiger partial charge < -0.3 is 14.8 Å². The first-order chi connectivity index (χ1) is 12.3. The van der Waals surface area contributed by atoms with Crippen molar-refractivity contribution in [2.24, 2.45) is 5.92 Å². The van der Waals surface area contributed by atoms with Crippen LogP contribution in [0, 0.1) is 5.92 Å². The fourth-order valence-electron chi connectivity index (χ4n) is 3.01. The highest BCUT2D eigenvalue weighted by molar-refractivity contribution is 6.30. The van der Waals surface area contributed by atoms with E-state index in [0.717, 1.165) is 11.3 Å². The van der Waals surface area contributed by atoms with Crippen LogP contribution in [0.2, 0.25) is 5.02 Å². The molecule has 2 atom stereocenters. The lowest BCUT2D eigenvalue weighted by Gasteiger charge is -2.23. The molecule has 1 N–H and O–H groups in total. The average Bonchev–Trinajstić information content (AvgIpc) is 2.74. The summed E-state index contributed by atoms with van der Waals surface area (Å²) in [5.41, 5.74) is 1.01. The molecule has 1 aliphatic rings. The Hall–Kier alpha value is -1.79. The second-order valence-corrected chi connectivity index (χ2v) is 7.41. The van der Waals surface area contributed by atoms with E-state index in [9.17, 15) is 9.59 Å². The van der Waals surface area contributed by atoms with E-state index in [1.807, 2.05) is 39.0 Å². The molecule has 7 heteroatoms. The molecule has 0 aromatic heterocycles. The summed E-state index contributed by atoms with van der Waals surface area (Å²) < 4.78 is 10.7. The standard InChI is InChI=1S/C19H27ClN2O4/c1-12(2)18(19(24)25-4)21-17(23)7-8-22-10-13(3)26-16-6-5-15(20)9-14(16)11-22/h5-6,9,12-13,18H,7-8,10-11H2,1-4H3,(H,21,23)/t13-,18-/m0/s1. The number of carbonyl (C=O) groups excluding carboxylic acids is 2. The monoisotopic (exact) mass is 382 g/mol. The maximum atomic E-state index is 12.3. The Morgan fingerprint density at radius 3 is 2.81 bits per heavy atom. The Bertz CT molecular complexity index is 650. The lowest BCUT2D eigenvalue weighted by molar-refractivity contribution is -0.146. The van der Waals surface area contributed by atoms with Crippen LogP contribution in [0.4, 0.5) is 0 Å². The molecule has 0 aliphatic carbocycles. The number of nitrogens with zero attached hydrogens (tertiary/aromatic N) is 1. The normalized spacial score (nSPS) is 18.5. The van der Waals surface area contributed by atoms with Gasteiger partial charge in [0.1, 0.15) is 17.9 Å². The fourth-order valence-corrected chi connectivity index (χ4v) is 3.20. The molecule has 2 rings (SSSR count). The van der Waals surface area contributed by atoms with Crippen molar-refractivity contribution >= 4 is 23.5 Å². The number of fused-ring (bicyclic) bond motifs is 1. The predicted octanol–water partition coefficient (Wildman–Crippen LogP) is 2.63. The Kier molecular flexibility index (Phi) is 7.29. The molecule has 0 bridgehead atoms. The molecule has 144 valence electrons. The summed E-state index contributed by atoms with van der Waals surface area (Å²) in [4.78, 5) is 26.2. The first-order valence-corrected chi connectivity index (χ1v) is 9.22. The smallest absolute Gasteiger partial charge is 0.328 e. The van der Waals surface area contributed by atoms with Crippen LogP contribution in [-0.2, 0) is 20.9 Å². The summed E-state index contributed by atoms with van der Waals surface area (Å²) in [5.74, 6) is 0.207. The van der Waals surface area contributed by atoms with Gasteiger partial charge in [-0.2, -0.15) is 0 Å². The minimum atomic E-state index is -0.626. The van der Waals surface area contributed by atoms with Crippen LogP contribution in [0.5, 0.6) is 5.75 Å². The number of benzene rings is 1. The Morgan fingerprint density at radius 2 is 2.15 bits per heavy atom. The zero-order chi connectivity index (χ0) is 19.3. The minimum absolute atomic E-state index is 0.0129. The molecule has 0 fully saturated rings. The number of amides is 1. The fraction of sp³-hybridized carbons (Fsp3) is 0.579. The maximum Gasteiger partial charge on any atom is 0.328 e. The number of carbonyl (C=O) groups is 2. The first kappa shape index (κ1) is 20.5. The van der Waals surface area contributed by atoms with E-state index >= 15 is 0 Å². The van der Waals surface area contributed by atoms with Crippen LogP contribution in [0.15, 0.2) is 18.2 Å². The molecule has 1 aromatic carbocycles. The predicted molar refractivity (Wildman–Crippen MR) is 100 cm³/mol. The molecule has 26 heavy (non-hydrogen) atoms. The van der Waals surface area contributed by atoms with E-state index in [-0.39, 0.29) is 17.9 Å². The van der Waals surface area contributed by atoms with E-state index < -0.39 is 12.0 Å². The number of ether oxygens (including phenoxy) is 2.